The molecule has 0 spiro atoms. The Morgan fingerprint density at radius 2 is 1.40 bits per heavy atom. The van der Waals surface area contributed by atoms with Gasteiger partial charge in [0.05, 0.1) is 0 Å². The predicted molar refractivity (Wildman–Crippen MR) is 47.3 cm³/mol. The molecular weight excluding hydrogens is 120 g/mol. The van der Waals surface area contributed by atoms with Crippen LogP contribution in [0.3, 0.4) is 0 Å². The van der Waals surface area contributed by atoms with E-state index in [1.807, 2.05) is 0 Å². The zero-order chi connectivity index (χ0) is 7.66. The van der Waals surface area contributed by atoms with Crippen molar-refractivity contribution in [1.82, 2.24) is 0 Å². The average molecular weight is 139 g/mol. The van der Waals surface area contributed by atoms with Crippen molar-refractivity contribution in [3.63, 3.8) is 0 Å². The monoisotopic (exact) mass is 139 g/mol. The van der Waals surface area contributed by atoms with E-state index in [0.717, 1.165) is 12.8 Å². The summed E-state index contributed by atoms with van der Waals surface area (Å²) in [4.78, 5) is 0. The van der Waals surface area contributed by atoms with E-state index in [0.29, 0.717) is 0 Å². The minimum atomic E-state index is 1.08. The van der Waals surface area contributed by atoms with Crippen LogP contribution in [0.4, 0.5) is 0 Å². The molecule has 0 N–H and O–H groups in total. The molecule has 0 unspecified atom stereocenters. The van der Waals surface area contributed by atoms with Gasteiger partial charge in [0.2, 0.25) is 0 Å². The van der Waals surface area contributed by atoms with E-state index >= 15 is 0 Å². The highest BCUT2D eigenvalue weighted by atomic mass is 13.9. The van der Waals surface area contributed by atoms with Crippen LogP contribution in [-0.2, 0) is 0 Å². The summed E-state index contributed by atoms with van der Waals surface area (Å²) >= 11 is 0. The maximum atomic E-state index is 3.80. The zero-order valence-electron chi connectivity index (χ0n) is 6.94. The summed E-state index contributed by atoms with van der Waals surface area (Å²) in [6, 6.07) is 0. The molecule has 0 bridgehead atoms. The topological polar surface area (TPSA) is 0 Å². The fourth-order valence-electron chi connectivity index (χ4n) is 0.898. The fourth-order valence-corrected chi connectivity index (χ4v) is 0.898. The summed E-state index contributed by atoms with van der Waals surface area (Å²) in [5, 5.41) is 0. The summed E-state index contributed by atoms with van der Waals surface area (Å²) in [6.45, 7) is 7.59. The molecule has 59 valence electrons. The third kappa shape index (κ3) is 8.00. The van der Waals surface area contributed by atoms with Gasteiger partial charge in [-0.3, -0.25) is 0 Å². The van der Waals surface area contributed by atoms with Crippen molar-refractivity contribution in [3.8, 4) is 0 Å². The maximum Gasteiger partial charge on any atom is -0.0386 e. The van der Waals surface area contributed by atoms with E-state index in [2.05, 4.69) is 20.3 Å². The molecule has 0 amide bonds. The minimum Gasteiger partial charge on any atom is -0.0533 e. The van der Waals surface area contributed by atoms with Gasteiger partial charge in [0.25, 0.3) is 0 Å². The lowest BCUT2D eigenvalue weighted by Gasteiger charge is -1.97. The van der Waals surface area contributed by atoms with Crippen LogP contribution in [-0.4, -0.2) is 0 Å². The summed E-state index contributed by atoms with van der Waals surface area (Å²) in [5.41, 5.74) is 0. The SMILES string of the molecule is [CH2]CCC[CH]CCCC[CH2]. The van der Waals surface area contributed by atoms with Crippen molar-refractivity contribution >= 4 is 0 Å². The molecule has 0 heteroatoms. The Morgan fingerprint density at radius 3 is 2.00 bits per heavy atom. The van der Waals surface area contributed by atoms with Crippen LogP contribution in [0.25, 0.3) is 0 Å². The summed E-state index contributed by atoms with van der Waals surface area (Å²) in [5.74, 6) is 0. The number of rotatable bonds is 7. The van der Waals surface area contributed by atoms with Gasteiger partial charge in [-0.15, -0.1) is 0 Å². The normalized spacial score (nSPS) is 10.2. The van der Waals surface area contributed by atoms with Gasteiger partial charge in [0.1, 0.15) is 0 Å². The Hall–Kier alpha value is 0. The summed E-state index contributed by atoms with van der Waals surface area (Å²) < 4.78 is 0. The first-order valence-electron chi connectivity index (χ1n) is 4.32. The van der Waals surface area contributed by atoms with Gasteiger partial charge >= 0.3 is 0 Å². The second-order valence-electron chi connectivity index (χ2n) is 2.63. The molecule has 0 aliphatic carbocycles. The predicted octanol–water partition coefficient (Wildman–Crippen LogP) is 3.59. The van der Waals surface area contributed by atoms with Crippen molar-refractivity contribution < 1.29 is 0 Å². The fraction of sp³-hybridized carbons (Fsp3) is 0.700. The lowest BCUT2D eigenvalue weighted by atomic mass is 10.1. The van der Waals surface area contributed by atoms with Crippen LogP contribution < -0.4 is 0 Å². The largest absolute Gasteiger partial charge is 0.0533 e. The molecule has 0 aromatic carbocycles. The molecule has 0 aliphatic heterocycles. The lowest BCUT2D eigenvalue weighted by Crippen LogP contribution is -1.79. The van der Waals surface area contributed by atoms with Gasteiger partial charge in [-0.25, -0.2) is 0 Å². The zero-order valence-corrected chi connectivity index (χ0v) is 6.94. The highest BCUT2D eigenvalue weighted by Gasteiger charge is 1.88. The second-order valence-corrected chi connectivity index (χ2v) is 2.63. The number of unbranched alkanes of at least 4 members (excludes halogenated alkanes) is 7. The first-order valence-corrected chi connectivity index (χ1v) is 4.32. The summed E-state index contributed by atoms with van der Waals surface area (Å²) in [7, 11) is 0. The van der Waals surface area contributed by atoms with Gasteiger partial charge in [-0.1, -0.05) is 58.8 Å². The van der Waals surface area contributed by atoms with Gasteiger partial charge in [-0.05, 0) is 6.42 Å². The Kier molecular flexibility index (Phi) is 9.00. The molecule has 0 aromatic heterocycles. The summed E-state index contributed by atoms with van der Waals surface area (Å²) in [6.07, 6.45) is 10.9. The van der Waals surface area contributed by atoms with Gasteiger partial charge in [-0.2, -0.15) is 0 Å². The molecule has 0 fully saturated rings. The first kappa shape index (κ1) is 10.0. The van der Waals surface area contributed by atoms with Crippen molar-refractivity contribution in [2.24, 2.45) is 0 Å². The van der Waals surface area contributed by atoms with E-state index in [9.17, 15) is 0 Å². The van der Waals surface area contributed by atoms with Crippen LogP contribution in [0.2, 0.25) is 0 Å². The first-order chi connectivity index (χ1) is 4.91. The van der Waals surface area contributed by atoms with Crippen LogP contribution in [0.5, 0.6) is 0 Å². The molecule has 0 rings (SSSR count). The number of hydrogen-bond donors (Lipinski definition) is 0. The Balaban J connectivity index is 2.65. The average Bonchev–Trinajstić information content (AvgIpc) is 1.97. The van der Waals surface area contributed by atoms with E-state index in [1.165, 1.54) is 32.1 Å². The van der Waals surface area contributed by atoms with Crippen LogP contribution in [0.15, 0.2) is 0 Å². The molecule has 10 heavy (non-hydrogen) atoms. The molecule has 0 heterocycles. The van der Waals surface area contributed by atoms with E-state index in [1.54, 1.807) is 0 Å². The van der Waals surface area contributed by atoms with Gasteiger partial charge in [0.15, 0.2) is 0 Å². The lowest BCUT2D eigenvalue weighted by molar-refractivity contribution is 0.696. The van der Waals surface area contributed by atoms with Gasteiger partial charge < -0.3 is 0 Å². The Bertz CT molecular complexity index is 40.0. The third-order valence-electron chi connectivity index (χ3n) is 1.57. The standard InChI is InChI=1S/C10H19/c1-3-5-7-9-10-8-6-4-2/h9H,1-8,10H2. The quantitative estimate of drug-likeness (QED) is 0.473. The van der Waals surface area contributed by atoms with Crippen LogP contribution in [0, 0.1) is 20.3 Å². The van der Waals surface area contributed by atoms with Crippen molar-refractivity contribution in [2.45, 2.75) is 44.9 Å². The Morgan fingerprint density at radius 1 is 0.800 bits per heavy atom. The Labute approximate surface area is 66.0 Å². The van der Waals surface area contributed by atoms with Gasteiger partial charge in [0, 0.05) is 0 Å². The molecule has 3 radical (unpaired) electrons. The molecule has 0 saturated carbocycles. The van der Waals surface area contributed by atoms with Crippen LogP contribution in [0.1, 0.15) is 44.9 Å². The van der Waals surface area contributed by atoms with Crippen LogP contribution >= 0.6 is 0 Å². The minimum absolute atomic E-state index is 1.08. The van der Waals surface area contributed by atoms with Crippen molar-refractivity contribution in [3.05, 3.63) is 20.3 Å². The highest BCUT2D eigenvalue weighted by Crippen LogP contribution is 2.06. The molecule has 0 atom stereocenters. The molecule has 0 nitrogen and oxygen atoms in total. The molecule has 0 aromatic rings. The smallest absolute Gasteiger partial charge is 0.0386 e. The number of hydrogen-bond acceptors (Lipinski definition) is 0. The van der Waals surface area contributed by atoms with Crippen molar-refractivity contribution in [2.75, 3.05) is 0 Å². The van der Waals surface area contributed by atoms with E-state index in [-0.39, 0.29) is 0 Å². The van der Waals surface area contributed by atoms with Crippen molar-refractivity contribution in [1.29, 1.82) is 0 Å². The third-order valence-corrected chi connectivity index (χ3v) is 1.57. The molecule has 0 aliphatic rings. The highest BCUT2D eigenvalue weighted by molar-refractivity contribution is 4.64. The van der Waals surface area contributed by atoms with E-state index < -0.39 is 0 Å². The maximum absolute atomic E-state index is 3.80. The molecular formula is C10H19. The molecule has 0 saturated heterocycles. The van der Waals surface area contributed by atoms with E-state index in [4.69, 9.17) is 0 Å². The second kappa shape index (κ2) is 9.00.